The standard InChI is InChI=1S/C16H20N2S/c1-16(2,3)14-10-19-15(18-14)13-8-11-6-4-5-7-12(11)9-17-13/h4-7,10,13,17H,8-9H2,1-3H3/t13-/m0/s1. The van der Waals surface area contributed by atoms with Crippen LogP contribution >= 0.6 is 11.3 Å². The van der Waals surface area contributed by atoms with Gasteiger partial charge in [0.05, 0.1) is 11.7 Å². The smallest absolute Gasteiger partial charge is 0.110 e. The highest BCUT2D eigenvalue weighted by atomic mass is 32.1. The Balaban J connectivity index is 1.83. The van der Waals surface area contributed by atoms with Crippen molar-refractivity contribution in [3.63, 3.8) is 0 Å². The minimum Gasteiger partial charge on any atom is -0.304 e. The first-order valence-corrected chi connectivity index (χ1v) is 7.68. The fourth-order valence-electron chi connectivity index (χ4n) is 2.42. The maximum Gasteiger partial charge on any atom is 0.110 e. The highest BCUT2D eigenvalue weighted by Gasteiger charge is 2.24. The second kappa shape index (κ2) is 4.73. The van der Waals surface area contributed by atoms with E-state index in [2.05, 4.69) is 55.7 Å². The SMILES string of the molecule is CC(C)(C)c1csc([C@@H]2Cc3ccccc3CN2)n1. The molecule has 3 heteroatoms. The average molecular weight is 272 g/mol. The third kappa shape index (κ3) is 2.58. The summed E-state index contributed by atoms with van der Waals surface area (Å²) in [5.41, 5.74) is 4.22. The Hall–Kier alpha value is -1.19. The first-order chi connectivity index (χ1) is 9.04. The molecule has 0 fully saturated rings. The summed E-state index contributed by atoms with van der Waals surface area (Å²) in [4.78, 5) is 4.83. The van der Waals surface area contributed by atoms with Crippen molar-refractivity contribution < 1.29 is 0 Å². The fourth-order valence-corrected chi connectivity index (χ4v) is 3.54. The summed E-state index contributed by atoms with van der Waals surface area (Å²) in [5.74, 6) is 0. The van der Waals surface area contributed by atoms with E-state index in [-0.39, 0.29) is 5.41 Å². The lowest BCUT2D eigenvalue weighted by atomic mass is 9.93. The molecule has 0 saturated heterocycles. The zero-order valence-electron chi connectivity index (χ0n) is 11.7. The second-order valence-corrected chi connectivity index (χ2v) is 7.12. The topological polar surface area (TPSA) is 24.9 Å². The molecule has 2 aromatic rings. The molecule has 2 nitrogen and oxygen atoms in total. The monoisotopic (exact) mass is 272 g/mol. The molecular formula is C16H20N2S. The van der Waals surface area contributed by atoms with E-state index in [4.69, 9.17) is 4.98 Å². The fraction of sp³-hybridized carbons (Fsp3) is 0.438. The molecule has 0 aliphatic carbocycles. The van der Waals surface area contributed by atoms with Crippen LogP contribution in [0, 0.1) is 0 Å². The largest absolute Gasteiger partial charge is 0.304 e. The molecule has 1 aliphatic rings. The van der Waals surface area contributed by atoms with Gasteiger partial charge in [0, 0.05) is 17.3 Å². The van der Waals surface area contributed by atoms with Crippen molar-refractivity contribution in [2.24, 2.45) is 0 Å². The van der Waals surface area contributed by atoms with Crippen LogP contribution in [0.3, 0.4) is 0 Å². The summed E-state index contributed by atoms with van der Waals surface area (Å²) < 4.78 is 0. The molecular weight excluding hydrogens is 252 g/mol. The van der Waals surface area contributed by atoms with E-state index in [0.29, 0.717) is 6.04 Å². The van der Waals surface area contributed by atoms with Crippen LogP contribution in [0.15, 0.2) is 29.6 Å². The summed E-state index contributed by atoms with van der Waals surface area (Å²) in [7, 11) is 0. The van der Waals surface area contributed by atoms with Gasteiger partial charge in [-0.15, -0.1) is 11.3 Å². The van der Waals surface area contributed by atoms with Crippen molar-refractivity contribution in [2.45, 2.75) is 45.2 Å². The van der Waals surface area contributed by atoms with Crippen molar-refractivity contribution in [1.29, 1.82) is 0 Å². The third-order valence-electron chi connectivity index (χ3n) is 3.67. The zero-order valence-corrected chi connectivity index (χ0v) is 12.6. The molecule has 1 N–H and O–H groups in total. The number of thiazole rings is 1. The van der Waals surface area contributed by atoms with E-state index in [0.717, 1.165) is 13.0 Å². The Bertz CT molecular complexity index is 580. The van der Waals surface area contributed by atoms with Crippen molar-refractivity contribution >= 4 is 11.3 Å². The van der Waals surface area contributed by atoms with Crippen molar-refractivity contribution in [3.05, 3.63) is 51.5 Å². The first-order valence-electron chi connectivity index (χ1n) is 6.80. The van der Waals surface area contributed by atoms with Crippen molar-refractivity contribution in [3.8, 4) is 0 Å². The number of hydrogen-bond acceptors (Lipinski definition) is 3. The molecule has 0 unspecified atom stereocenters. The predicted octanol–water partition coefficient (Wildman–Crippen LogP) is 3.83. The minimum atomic E-state index is 0.140. The summed E-state index contributed by atoms with van der Waals surface area (Å²) in [6.45, 7) is 7.60. The van der Waals surface area contributed by atoms with E-state index in [1.807, 2.05) is 0 Å². The van der Waals surface area contributed by atoms with Crippen molar-refractivity contribution in [1.82, 2.24) is 10.3 Å². The van der Waals surface area contributed by atoms with E-state index in [9.17, 15) is 0 Å². The maximum absolute atomic E-state index is 4.83. The molecule has 1 atom stereocenters. The van der Waals surface area contributed by atoms with Crippen LogP contribution in [-0.4, -0.2) is 4.98 Å². The third-order valence-corrected chi connectivity index (χ3v) is 4.63. The molecule has 1 aromatic heterocycles. The molecule has 2 heterocycles. The van der Waals surface area contributed by atoms with Gasteiger partial charge in [0.1, 0.15) is 5.01 Å². The molecule has 100 valence electrons. The molecule has 0 amide bonds. The summed E-state index contributed by atoms with van der Waals surface area (Å²) >= 11 is 1.78. The summed E-state index contributed by atoms with van der Waals surface area (Å²) in [5, 5.41) is 7.03. The number of benzene rings is 1. The molecule has 1 aromatic carbocycles. The van der Waals surface area contributed by atoms with Gasteiger partial charge in [0.2, 0.25) is 0 Å². The van der Waals surface area contributed by atoms with Crippen LogP contribution in [0.4, 0.5) is 0 Å². The highest BCUT2D eigenvalue weighted by molar-refractivity contribution is 7.09. The van der Waals surface area contributed by atoms with Crippen LogP contribution in [-0.2, 0) is 18.4 Å². The van der Waals surface area contributed by atoms with E-state index in [1.165, 1.54) is 21.8 Å². The van der Waals surface area contributed by atoms with Gasteiger partial charge in [-0.25, -0.2) is 4.98 Å². The summed E-state index contributed by atoms with van der Waals surface area (Å²) in [6.07, 6.45) is 1.05. The van der Waals surface area contributed by atoms with Gasteiger partial charge < -0.3 is 5.32 Å². The molecule has 0 bridgehead atoms. The average Bonchev–Trinajstić information content (AvgIpc) is 2.87. The lowest BCUT2D eigenvalue weighted by molar-refractivity contribution is 0.491. The van der Waals surface area contributed by atoms with Gasteiger partial charge >= 0.3 is 0 Å². The minimum absolute atomic E-state index is 0.140. The molecule has 3 rings (SSSR count). The van der Waals surface area contributed by atoms with Crippen LogP contribution in [0.2, 0.25) is 0 Å². The Morgan fingerprint density at radius 1 is 1.21 bits per heavy atom. The van der Waals surface area contributed by atoms with Gasteiger partial charge in [-0.1, -0.05) is 45.0 Å². The van der Waals surface area contributed by atoms with Gasteiger partial charge in [-0.05, 0) is 17.5 Å². The molecule has 1 aliphatic heterocycles. The lowest BCUT2D eigenvalue weighted by Gasteiger charge is -2.24. The van der Waals surface area contributed by atoms with Gasteiger partial charge in [-0.2, -0.15) is 0 Å². The first kappa shape index (κ1) is 12.8. The Morgan fingerprint density at radius 2 is 1.95 bits per heavy atom. The lowest BCUT2D eigenvalue weighted by Crippen LogP contribution is -2.28. The van der Waals surface area contributed by atoms with Crippen LogP contribution in [0.5, 0.6) is 0 Å². The molecule has 0 spiro atoms. The normalized spacial score (nSPS) is 19.2. The van der Waals surface area contributed by atoms with Crippen LogP contribution in [0.1, 0.15) is 48.6 Å². The van der Waals surface area contributed by atoms with Gasteiger partial charge in [0.15, 0.2) is 0 Å². The number of rotatable bonds is 1. The van der Waals surface area contributed by atoms with Crippen LogP contribution in [0.25, 0.3) is 0 Å². The van der Waals surface area contributed by atoms with E-state index in [1.54, 1.807) is 11.3 Å². The number of nitrogens with zero attached hydrogens (tertiary/aromatic N) is 1. The van der Waals surface area contributed by atoms with E-state index < -0.39 is 0 Å². The Labute approximate surface area is 118 Å². The quantitative estimate of drug-likeness (QED) is 0.853. The van der Waals surface area contributed by atoms with Gasteiger partial charge in [-0.3, -0.25) is 0 Å². The predicted molar refractivity (Wildman–Crippen MR) is 80.5 cm³/mol. The molecule has 0 radical (unpaired) electrons. The number of aromatic nitrogens is 1. The number of fused-ring (bicyclic) bond motifs is 1. The van der Waals surface area contributed by atoms with Crippen molar-refractivity contribution in [2.75, 3.05) is 0 Å². The Morgan fingerprint density at radius 3 is 2.63 bits per heavy atom. The highest BCUT2D eigenvalue weighted by Crippen LogP contribution is 2.31. The zero-order chi connectivity index (χ0) is 13.5. The van der Waals surface area contributed by atoms with Gasteiger partial charge in [0.25, 0.3) is 0 Å². The summed E-state index contributed by atoms with van der Waals surface area (Å²) in [6, 6.07) is 9.06. The number of hydrogen-bond donors (Lipinski definition) is 1. The Kier molecular flexibility index (Phi) is 3.19. The maximum atomic E-state index is 4.83. The molecule has 0 saturated carbocycles. The van der Waals surface area contributed by atoms with Crippen LogP contribution < -0.4 is 5.32 Å². The number of nitrogens with one attached hydrogen (secondary N) is 1. The van der Waals surface area contributed by atoms with E-state index >= 15 is 0 Å². The second-order valence-electron chi connectivity index (χ2n) is 6.23. The molecule has 19 heavy (non-hydrogen) atoms.